The van der Waals surface area contributed by atoms with E-state index in [4.69, 9.17) is 19.9 Å². The van der Waals surface area contributed by atoms with E-state index in [-0.39, 0.29) is 28.4 Å². The van der Waals surface area contributed by atoms with Gasteiger partial charge in [-0.15, -0.1) is 0 Å². The molecule has 2 saturated heterocycles. The number of benzene rings is 1. The zero-order valence-electron chi connectivity index (χ0n) is 16.5. The standard InChI is InChI=1S/C21H20F2N4O3/c1-28-14-7-15(29-2)19(23)17(18(14)22)13-5-11-8-25-16(24)6-12(11)20(26-13)27-9-21(10-27)3-4-30-21/h5-8H,3-4,9-10H2,1-2H3,(H2,24,25). The summed E-state index contributed by atoms with van der Waals surface area (Å²) in [7, 11) is 2.62. The van der Waals surface area contributed by atoms with Crippen LogP contribution in [-0.4, -0.2) is 49.5 Å². The first kappa shape index (κ1) is 18.8. The Hall–Kier alpha value is -3.20. The van der Waals surface area contributed by atoms with Gasteiger partial charge < -0.3 is 24.8 Å². The van der Waals surface area contributed by atoms with Gasteiger partial charge in [-0.05, 0) is 12.1 Å². The highest BCUT2D eigenvalue weighted by Crippen LogP contribution is 2.43. The predicted octanol–water partition coefficient (Wildman–Crippen LogP) is 3.15. The Morgan fingerprint density at radius 1 is 1.10 bits per heavy atom. The third-order valence-electron chi connectivity index (χ3n) is 5.77. The molecule has 30 heavy (non-hydrogen) atoms. The summed E-state index contributed by atoms with van der Waals surface area (Å²) >= 11 is 0. The molecular weight excluding hydrogens is 394 g/mol. The van der Waals surface area contributed by atoms with E-state index in [2.05, 4.69) is 9.97 Å². The average molecular weight is 414 g/mol. The number of nitrogens with two attached hydrogens (primary N) is 1. The second kappa shape index (κ2) is 6.66. The first-order valence-corrected chi connectivity index (χ1v) is 9.50. The largest absolute Gasteiger partial charge is 0.494 e. The number of hydrogen-bond donors (Lipinski definition) is 1. The number of rotatable bonds is 4. The van der Waals surface area contributed by atoms with Gasteiger partial charge in [0, 0.05) is 29.5 Å². The van der Waals surface area contributed by atoms with Crippen molar-refractivity contribution in [2.45, 2.75) is 12.0 Å². The Kier molecular flexibility index (Phi) is 4.18. The Labute approximate surface area is 171 Å². The lowest BCUT2D eigenvalue weighted by atomic mass is 9.86. The minimum atomic E-state index is -0.848. The second-order valence-corrected chi connectivity index (χ2v) is 7.58. The Morgan fingerprint density at radius 2 is 1.77 bits per heavy atom. The predicted molar refractivity (Wildman–Crippen MR) is 108 cm³/mol. The first-order valence-electron chi connectivity index (χ1n) is 9.50. The van der Waals surface area contributed by atoms with Gasteiger partial charge in [0.1, 0.15) is 17.2 Å². The molecule has 1 aromatic carbocycles. The van der Waals surface area contributed by atoms with Crippen LogP contribution in [-0.2, 0) is 4.74 Å². The zero-order valence-corrected chi connectivity index (χ0v) is 16.5. The van der Waals surface area contributed by atoms with Crippen LogP contribution >= 0.6 is 0 Å². The molecule has 2 aliphatic rings. The molecule has 1 spiro atoms. The fraction of sp³-hybridized carbons (Fsp3) is 0.333. The van der Waals surface area contributed by atoms with Crippen LogP contribution in [0, 0.1) is 11.6 Å². The monoisotopic (exact) mass is 414 g/mol. The highest BCUT2D eigenvalue weighted by atomic mass is 19.1. The van der Waals surface area contributed by atoms with Gasteiger partial charge in [-0.2, -0.15) is 0 Å². The van der Waals surface area contributed by atoms with Crippen LogP contribution in [0.3, 0.4) is 0 Å². The molecule has 3 aromatic rings. The van der Waals surface area contributed by atoms with Crippen molar-refractivity contribution in [3.63, 3.8) is 0 Å². The summed E-state index contributed by atoms with van der Waals surface area (Å²) in [5.74, 6) is -1.04. The van der Waals surface area contributed by atoms with Crippen molar-refractivity contribution in [3.05, 3.63) is 36.0 Å². The molecule has 4 heterocycles. The third kappa shape index (κ3) is 2.72. The van der Waals surface area contributed by atoms with Gasteiger partial charge in [-0.3, -0.25) is 0 Å². The number of methoxy groups -OCH3 is 2. The van der Waals surface area contributed by atoms with Gasteiger partial charge in [0.15, 0.2) is 23.1 Å². The van der Waals surface area contributed by atoms with Crippen LogP contribution in [0.15, 0.2) is 24.4 Å². The minimum absolute atomic E-state index is 0.117. The number of nitrogens with zero attached hydrogens (tertiary/aromatic N) is 3. The molecular formula is C21H20F2N4O3. The number of ether oxygens (including phenoxy) is 3. The van der Waals surface area contributed by atoms with Crippen molar-refractivity contribution in [2.75, 3.05) is 44.5 Å². The topological polar surface area (TPSA) is 82.7 Å². The van der Waals surface area contributed by atoms with E-state index in [9.17, 15) is 0 Å². The van der Waals surface area contributed by atoms with Crippen LogP contribution < -0.4 is 20.1 Å². The van der Waals surface area contributed by atoms with Crippen molar-refractivity contribution in [1.29, 1.82) is 0 Å². The first-order chi connectivity index (χ1) is 14.4. The molecule has 156 valence electrons. The van der Waals surface area contributed by atoms with Gasteiger partial charge in [0.05, 0.1) is 45.2 Å². The van der Waals surface area contributed by atoms with Crippen LogP contribution in [0.4, 0.5) is 20.4 Å². The van der Waals surface area contributed by atoms with E-state index in [1.54, 1.807) is 18.3 Å². The number of aromatic nitrogens is 2. The van der Waals surface area contributed by atoms with Gasteiger partial charge in [-0.25, -0.2) is 18.7 Å². The summed E-state index contributed by atoms with van der Waals surface area (Å²) in [6, 6.07) is 4.47. The fourth-order valence-corrected chi connectivity index (χ4v) is 4.06. The molecule has 0 amide bonds. The van der Waals surface area contributed by atoms with E-state index >= 15 is 8.78 Å². The summed E-state index contributed by atoms with van der Waals surface area (Å²) < 4.78 is 46.0. The van der Waals surface area contributed by atoms with Crippen LogP contribution in [0.5, 0.6) is 11.5 Å². The van der Waals surface area contributed by atoms with Crippen LogP contribution in [0.25, 0.3) is 22.0 Å². The second-order valence-electron chi connectivity index (χ2n) is 7.58. The maximum atomic E-state index is 15.1. The number of halogens is 2. The smallest absolute Gasteiger partial charge is 0.177 e. The number of pyridine rings is 2. The van der Waals surface area contributed by atoms with E-state index in [1.165, 1.54) is 20.3 Å². The van der Waals surface area contributed by atoms with Crippen molar-refractivity contribution < 1.29 is 23.0 Å². The summed E-state index contributed by atoms with van der Waals surface area (Å²) in [6.07, 6.45) is 2.56. The van der Waals surface area contributed by atoms with Crippen molar-refractivity contribution >= 4 is 22.4 Å². The number of nitrogen functional groups attached to an aromatic ring is 1. The highest BCUT2D eigenvalue weighted by Gasteiger charge is 2.50. The van der Waals surface area contributed by atoms with E-state index in [1.807, 2.05) is 4.90 Å². The molecule has 2 aliphatic heterocycles. The number of hydrogen-bond acceptors (Lipinski definition) is 7. The number of fused-ring (bicyclic) bond motifs is 1. The van der Waals surface area contributed by atoms with E-state index in [0.717, 1.165) is 18.4 Å². The minimum Gasteiger partial charge on any atom is -0.494 e. The van der Waals surface area contributed by atoms with E-state index < -0.39 is 11.6 Å². The quantitative estimate of drug-likeness (QED) is 0.702. The van der Waals surface area contributed by atoms with Crippen molar-refractivity contribution in [1.82, 2.24) is 9.97 Å². The average Bonchev–Trinajstić information content (AvgIpc) is 2.66. The van der Waals surface area contributed by atoms with Gasteiger partial charge in [-0.1, -0.05) is 0 Å². The zero-order chi connectivity index (χ0) is 21.0. The summed E-state index contributed by atoms with van der Waals surface area (Å²) in [5.41, 5.74) is 5.54. The van der Waals surface area contributed by atoms with Gasteiger partial charge in [0.2, 0.25) is 0 Å². The normalized spacial score (nSPS) is 17.0. The van der Waals surface area contributed by atoms with E-state index in [0.29, 0.717) is 30.1 Å². The molecule has 5 rings (SSSR count). The van der Waals surface area contributed by atoms with Crippen LogP contribution in [0.2, 0.25) is 0 Å². The lowest BCUT2D eigenvalue weighted by Gasteiger charge is -2.55. The molecule has 2 aromatic heterocycles. The van der Waals surface area contributed by atoms with Crippen LogP contribution in [0.1, 0.15) is 6.42 Å². The molecule has 9 heteroatoms. The lowest BCUT2D eigenvalue weighted by molar-refractivity contribution is -0.161. The Bertz CT molecular complexity index is 1130. The molecule has 2 N–H and O–H groups in total. The molecule has 0 bridgehead atoms. The molecule has 0 unspecified atom stereocenters. The van der Waals surface area contributed by atoms with Gasteiger partial charge >= 0.3 is 0 Å². The van der Waals surface area contributed by atoms with Gasteiger partial charge in [0.25, 0.3) is 0 Å². The molecule has 7 nitrogen and oxygen atoms in total. The molecule has 0 saturated carbocycles. The molecule has 2 fully saturated rings. The lowest BCUT2D eigenvalue weighted by Crippen LogP contribution is -2.68. The Morgan fingerprint density at radius 3 is 2.33 bits per heavy atom. The number of anilines is 2. The molecule has 0 atom stereocenters. The Balaban J connectivity index is 1.70. The molecule has 0 aliphatic carbocycles. The summed E-state index contributed by atoms with van der Waals surface area (Å²) in [4.78, 5) is 10.8. The maximum Gasteiger partial charge on any atom is 0.177 e. The highest BCUT2D eigenvalue weighted by molar-refractivity contribution is 5.96. The SMILES string of the molecule is COc1cc(OC)c(F)c(-c2cc3cnc(N)cc3c(N3CC4(CCO4)C3)n2)c1F. The van der Waals surface area contributed by atoms with Crippen molar-refractivity contribution in [2.24, 2.45) is 0 Å². The molecule has 0 radical (unpaired) electrons. The summed E-state index contributed by atoms with van der Waals surface area (Å²) in [5, 5.41) is 1.43. The third-order valence-corrected chi connectivity index (χ3v) is 5.77. The maximum absolute atomic E-state index is 15.1. The van der Waals surface area contributed by atoms with Crippen molar-refractivity contribution in [3.8, 4) is 22.8 Å². The fourth-order valence-electron chi connectivity index (χ4n) is 4.06. The summed E-state index contributed by atoms with van der Waals surface area (Å²) in [6.45, 7) is 2.07.